The van der Waals surface area contributed by atoms with Crippen LogP contribution in [0.25, 0.3) is 10.2 Å². The summed E-state index contributed by atoms with van der Waals surface area (Å²) in [5.41, 5.74) is 2.53. The zero-order valence-corrected chi connectivity index (χ0v) is 21.9. The van der Waals surface area contributed by atoms with E-state index < -0.39 is 0 Å². The summed E-state index contributed by atoms with van der Waals surface area (Å²) in [6.07, 6.45) is 3.30. The summed E-state index contributed by atoms with van der Waals surface area (Å²) in [7, 11) is 1.65. The van der Waals surface area contributed by atoms with Gasteiger partial charge in [0.05, 0.1) is 18.4 Å². The van der Waals surface area contributed by atoms with Crippen LogP contribution in [0.3, 0.4) is 0 Å². The van der Waals surface area contributed by atoms with Crippen LogP contribution in [0.2, 0.25) is 0 Å². The average molecular weight is 484 g/mol. The lowest BCUT2D eigenvalue weighted by Crippen LogP contribution is -2.38. The van der Waals surface area contributed by atoms with E-state index in [1.54, 1.807) is 12.0 Å². The molecule has 3 rings (SSSR count). The maximum absolute atomic E-state index is 13.8. The first-order valence-corrected chi connectivity index (χ1v) is 13.0. The number of unbranched alkanes of at least 4 members (excludes halogenated alkanes) is 2. The monoisotopic (exact) mass is 483 g/mol. The van der Waals surface area contributed by atoms with E-state index >= 15 is 0 Å². The van der Waals surface area contributed by atoms with Gasteiger partial charge in [0.2, 0.25) is 0 Å². The molecule has 1 aromatic heterocycles. The summed E-state index contributed by atoms with van der Waals surface area (Å²) in [4.78, 5) is 22.7. The highest BCUT2D eigenvalue weighted by molar-refractivity contribution is 7.22. The minimum absolute atomic E-state index is 0.0677. The molecular weight excluding hydrogens is 446 g/mol. The zero-order chi connectivity index (χ0) is 24.5. The van der Waals surface area contributed by atoms with Gasteiger partial charge < -0.3 is 14.4 Å². The van der Waals surface area contributed by atoms with E-state index in [0.717, 1.165) is 66.2 Å². The van der Waals surface area contributed by atoms with Gasteiger partial charge in [-0.3, -0.25) is 9.69 Å². The predicted molar refractivity (Wildman–Crippen MR) is 142 cm³/mol. The quantitative estimate of drug-likeness (QED) is 0.272. The van der Waals surface area contributed by atoms with Gasteiger partial charge in [0, 0.05) is 18.7 Å². The maximum Gasteiger partial charge on any atom is 0.260 e. The van der Waals surface area contributed by atoms with Crippen LogP contribution in [0.5, 0.6) is 11.5 Å². The Morgan fingerprint density at radius 3 is 2.56 bits per heavy atom. The first-order chi connectivity index (χ1) is 16.5. The molecule has 0 aliphatic carbocycles. The Bertz CT molecular complexity index is 1080. The molecule has 0 radical (unpaired) electrons. The van der Waals surface area contributed by atoms with Crippen molar-refractivity contribution in [2.45, 2.75) is 47.0 Å². The number of rotatable bonds is 13. The lowest BCUT2D eigenvalue weighted by atomic mass is 10.2. The van der Waals surface area contributed by atoms with Crippen molar-refractivity contribution in [1.29, 1.82) is 0 Å². The first-order valence-electron chi connectivity index (χ1n) is 12.2. The molecule has 7 heteroatoms. The fraction of sp³-hybridized carbons (Fsp3) is 0.481. The van der Waals surface area contributed by atoms with Crippen LogP contribution in [0.4, 0.5) is 5.13 Å². The summed E-state index contributed by atoms with van der Waals surface area (Å²) in [6.45, 7) is 12.4. The molecule has 0 atom stereocenters. The van der Waals surface area contributed by atoms with Crippen molar-refractivity contribution in [2.75, 3.05) is 44.8 Å². The molecule has 0 aliphatic heterocycles. The van der Waals surface area contributed by atoms with Crippen molar-refractivity contribution >= 4 is 32.6 Å². The number of anilines is 1. The van der Waals surface area contributed by atoms with Gasteiger partial charge in [0.15, 0.2) is 5.13 Å². The van der Waals surface area contributed by atoms with Gasteiger partial charge in [-0.1, -0.05) is 57.1 Å². The number of aromatic nitrogens is 1. The van der Waals surface area contributed by atoms with E-state index in [2.05, 4.69) is 32.6 Å². The fourth-order valence-electron chi connectivity index (χ4n) is 3.86. The molecule has 0 fully saturated rings. The number of hydrogen-bond donors (Lipinski definition) is 0. The molecule has 1 heterocycles. The highest BCUT2D eigenvalue weighted by Crippen LogP contribution is 2.37. The molecule has 0 unspecified atom stereocenters. The average Bonchev–Trinajstić information content (AvgIpc) is 3.31. The normalized spacial score (nSPS) is 11.2. The predicted octanol–water partition coefficient (Wildman–Crippen LogP) is 6.17. The number of ether oxygens (including phenoxy) is 2. The van der Waals surface area contributed by atoms with Crippen molar-refractivity contribution in [2.24, 2.45) is 0 Å². The van der Waals surface area contributed by atoms with E-state index in [1.165, 1.54) is 11.3 Å². The minimum atomic E-state index is -0.0677. The standard InChI is InChI=1S/C27H37N3O3S/c1-6-9-10-18-33-22-13-11-12-21(19-22)26(31)30(17-16-29(7-2)8-3)27-28-24-23(32-5)15-14-20(4)25(24)34-27/h11-15,19H,6-10,16-18H2,1-5H3. The molecule has 34 heavy (non-hydrogen) atoms. The third kappa shape index (κ3) is 6.27. The van der Waals surface area contributed by atoms with Crippen LogP contribution in [-0.2, 0) is 0 Å². The van der Waals surface area contributed by atoms with E-state index in [4.69, 9.17) is 14.5 Å². The van der Waals surface area contributed by atoms with Gasteiger partial charge >= 0.3 is 0 Å². The molecule has 184 valence electrons. The zero-order valence-electron chi connectivity index (χ0n) is 21.1. The fourth-order valence-corrected chi connectivity index (χ4v) is 4.94. The second-order valence-electron chi connectivity index (χ2n) is 8.33. The molecule has 0 saturated heterocycles. The van der Waals surface area contributed by atoms with Crippen LogP contribution in [0, 0.1) is 6.92 Å². The third-order valence-electron chi connectivity index (χ3n) is 6.02. The van der Waals surface area contributed by atoms with Gasteiger partial charge in [-0.15, -0.1) is 0 Å². The van der Waals surface area contributed by atoms with Crippen molar-refractivity contribution in [3.8, 4) is 11.5 Å². The summed E-state index contributed by atoms with van der Waals surface area (Å²) in [6, 6.07) is 11.5. The number of benzene rings is 2. The molecular formula is C27H37N3O3S. The van der Waals surface area contributed by atoms with Crippen LogP contribution < -0.4 is 14.4 Å². The molecule has 0 bridgehead atoms. The molecule has 0 spiro atoms. The molecule has 6 nitrogen and oxygen atoms in total. The number of amides is 1. The Morgan fingerprint density at radius 2 is 1.85 bits per heavy atom. The summed E-state index contributed by atoms with van der Waals surface area (Å²) < 4.78 is 12.5. The Balaban J connectivity index is 1.93. The second kappa shape index (κ2) is 12.7. The molecule has 0 saturated carbocycles. The van der Waals surface area contributed by atoms with Crippen LogP contribution >= 0.6 is 11.3 Å². The number of likely N-dealkylation sites (N-methyl/N-ethyl adjacent to an activating group) is 1. The number of hydrogen-bond acceptors (Lipinski definition) is 6. The van der Waals surface area contributed by atoms with Crippen molar-refractivity contribution in [3.05, 3.63) is 47.5 Å². The van der Waals surface area contributed by atoms with Gasteiger partial charge in [-0.05, 0) is 56.3 Å². The summed E-state index contributed by atoms with van der Waals surface area (Å²) >= 11 is 1.54. The van der Waals surface area contributed by atoms with Gasteiger partial charge in [-0.2, -0.15) is 0 Å². The largest absolute Gasteiger partial charge is 0.494 e. The maximum atomic E-state index is 13.8. The number of nitrogens with zero attached hydrogens (tertiary/aromatic N) is 3. The molecule has 2 aromatic carbocycles. The summed E-state index contributed by atoms with van der Waals surface area (Å²) in [5, 5.41) is 0.689. The molecule has 3 aromatic rings. The number of carbonyl (C=O) groups excluding carboxylic acids is 1. The van der Waals surface area contributed by atoms with Crippen molar-refractivity contribution in [1.82, 2.24) is 9.88 Å². The summed E-state index contributed by atoms with van der Waals surface area (Å²) in [5.74, 6) is 1.39. The Labute approximate surface area is 207 Å². The van der Waals surface area contributed by atoms with Crippen LogP contribution in [0.1, 0.15) is 56.0 Å². The lowest BCUT2D eigenvalue weighted by molar-refractivity contribution is 0.0983. The Kier molecular flexibility index (Phi) is 9.72. The van der Waals surface area contributed by atoms with Crippen LogP contribution in [0.15, 0.2) is 36.4 Å². The number of thiazole rings is 1. The lowest BCUT2D eigenvalue weighted by Gasteiger charge is -2.25. The van der Waals surface area contributed by atoms with E-state index in [1.807, 2.05) is 36.4 Å². The SMILES string of the molecule is CCCCCOc1cccc(C(=O)N(CCN(CC)CC)c2nc3c(OC)ccc(C)c3s2)c1. The van der Waals surface area contributed by atoms with Crippen molar-refractivity contribution in [3.63, 3.8) is 0 Å². The Morgan fingerprint density at radius 1 is 1.06 bits per heavy atom. The number of carbonyl (C=O) groups is 1. The highest BCUT2D eigenvalue weighted by atomic mass is 32.1. The molecule has 1 amide bonds. The van der Waals surface area contributed by atoms with Crippen LogP contribution in [-0.4, -0.2) is 55.7 Å². The number of aryl methyl sites for hydroxylation is 1. The molecule has 0 N–H and O–H groups in total. The van der Waals surface area contributed by atoms with Gasteiger partial charge in [-0.25, -0.2) is 4.98 Å². The number of fused-ring (bicyclic) bond motifs is 1. The minimum Gasteiger partial charge on any atom is -0.494 e. The Hall–Kier alpha value is -2.64. The van der Waals surface area contributed by atoms with Gasteiger partial charge in [0.1, 0.15) is 17.0 Å². The number of methoxy groups -OCH3 is 1. The topological polar surface area (TPSA) is 54.9 Å². The third-order valence-corrected chi connectivity index (χ3v) is 7.23. The van der Waals surface area contributed by atoms with Crippen molar-refractivity contribution < 1.29 is 14.3 Å². The van der Waals surface area contributed by atoms with E-state index in [-0.39, 0.29) is 5.91 Å². The van der Waals surface area contributed by atoms with Gasteiger partial charge in [0.25, 0.3) is 5.91 Å². The highest BCUT2D eigenvalue weighted by Gasteiger charge is 2.23. The second-order valence-corrected chi connectivity index (χ2v) is 9.30. The first kappa shape index (κ1) is 26.0. The van der Waals surface area contributed by atoms with E-state index in [9.17, 15) is 4.79 Å². The van der Waals surface area contributed by atoms with E-state index in [0.29, 0.717) is 23.8 Å². The smallest absolute Gasteiger partial charge is 0.260 e. The molecule has 0 aliphatic rings.